The summed E-state index contributed by atoms with van der Waals surface area (Å²) in [6, 6.07) is 3.93. The van der Waals surface area contributed by atoms with E-state index in [1.807, 2.05) is 19.2 Å². The Morgan fingerprint density at radius 3 is 3.10 bits per heavy atom. The van der Waals surface area contributed by atoms with Gasteiger partial charge in [-0.05, 0) is 32.1 Å². The normalized spacial score (nSPS) is 10.1. The first-order valence-corrected chi connectivity index (χ1v) is 3.60. The fourth-order valence-electron chi connectivity index (χ4n) is 0.894. The molecule has 1 rings (SSSR count). The molecule has 0 aliphatic carbocycles. The molecule has 2 nitrogen and oxygen atoms in total. The van der Waals surface area contributed by atoms with Gasteiger partial charge in [0.15, 0.2) is 0 Å². The van der Waals surface area contributed by atoms with Crippen LogP contribution in [0.2, 0.25) is 0 Å². The van der Waals surface area contributed by atoms with E-state index in [0.717, 1.165) is 25.1 Å². The lowest BCUT2D eigenvalue weighted by molar-refractivity contribution is 0.499. The third-order valence-electron chi connectivity index (χ3n) is 1.43. The van der Waals surface area contributed by atoms with Crippen molar-refractivity contribution in [3.63, 3.8) is 0 Å². The van der Waals surface area contributed by atoms with E-state index in [4.69, 9.17) is 4.42 Å². The summed E-state index contributed by atoms with van der Waals surface area (Å²) in [5.41, 5.74) is 0. The van der Waals surface area contributed by atoms with E-state index in [1.54, 1.807) is 6.26 Å². The molecule has 0 saturated heterocycles. The molecule has 0 fully saturated rings. The van der Waals surface area contributed by atoms with Gasteiger partial charge < -0.3 is 9.73 Å². The first kappa shape index (κ1) is 7.35. The van der Waals surface area contributed by atoms with Crippen molar-refractivity contribution in [1.82, 2.24) is 5.32 Å². The maximum absolute atomic E-state index is 5.15. The van der Waals surface area contributed by atoms with Crippen molar-refractivity contribution in [2.45, 2.75) is 12.8 Å². The Morgan fingerprint density at radius 2 is 2.50 bits per heavy atom. The van der Waals surface area contributed by atoms with Crippen LogP contribution in [-0.4, -0.2) is 13.6 Å². The smallest absolute Gasteiger partial charge is 0.103 e. The van der Waals surface area contributed by atoms with Gasteiger partial charge in [-0.2, -0.15) is 0 Å². The average Bonchev–Trinajstić information content (AvgIpc) is 2.41. The molecule has 0 radical (unpaired) electrons. The molecule has 56 valence electrons. The molecule has 0 unspecified atom stereocenters. The highest BCUT2D eigenvalue weighted by molar-refractivity contribution is 4.97. The van der Waals surface area contributed by atoms with Gasteiger partial charge in [0.25, 0.3) is 0 Å². The molecule has 1 aromatic rings. The predicted octanol–water partition coefficient (Wildman–Crippen LogP) is 1.43. The van der Waals surface area contributed by atoms with Crippen LogP contribution < -0.4 is 5.32 Å². The molecule has 1 aromatic heterocycles. The molecule has 0 amide bonds. The zero-order valence-electron chi connectivity index (χ0n) is 6.26. The number of nitrogens with one attached hydrogen (secondary N) is 1. The Labute approximate surface area is 61.2 Å². The van der Waals surface area contributed by atoms with Crippen molar-refractivity contribution < 1.29 is 4.42 Å². The van der Waals surface area contributed by atoms with Gasteiger partial charge in [0.1, 0.15) is 5.76 Å². The molecule has 0 spiro atoms. The number of furan rings is 1. The van der Waals surface area contributed by atoms with Crippen LogP contribution in [-0.2, 0) is 6.42 Å². The van der Waals surface area contributed by atoms with E-state index >= 15 is 0 Å². The average molecular weight is 139 g/mol. The second-order valence-electron chi connectivity index (χ2n) is 2.29. The SMILES string of the molecule is CNCCCc1ccco1. The molecule has 0 saturated carbocycles. The number of aryl methyl sites for hydroxylation is 1. The number of hydrogen-bond acceptors (Lipinski definition) is 2. The lowest BCUT2D eigenvalue weighted by atomic mass is 10.2. The Kier molecular flexibility index (Phi) is 3.03. The summed E-state index contributed by atoms with van der Waals surface area (Å²) in [6.45, 7) is 1.06. The summed E-state index contributed by atoms with van der Waals surface area (Å²) < 4.78 is 5.15. The number of rotatable bonds is 4. The van der Waals surface area contributed by atoms with Gasteiger partial charge in [-0.1, -0.05) is 0 Å². The molecule has 1 heterocycles. The highest BCUT2D eigenvalue weighted by Crippen LogP contribution is 2.02. The topological polar surface area (TPSA) is 25.2 Å². The molecular weight excluding hydrogens is 126 g/mol. The van der Waals surface area contributed by atoms with Crippen LogP contribution in [0, 0.1) is 0 Å². The van der Waals surface area contributed by atoms with Crippen LogP contribution in [0.1, 0.15) is 12.2 Å². The fourth-order valence-corrected chi connectivity index (χ4v) is 0.894. The van der Waals surface area contributed by atoms with Gasteiger partial charge in [-0.15, -0.1) is 0 Å². The molecule has 1 N–H and O–H groups in total. The van der Waals surface area contributed by atoms with Crippen LogP contribution in [0.5, 0.6) is 0 Å². The monoisotopic (exact) mass is 139 g/mol. The minimum atomic E-state index is 1.04. The summed E-state index contributed by atoms with van der Waals surface area (Å²) in [7, 11) is 1.96. The highest BCUT2D eigenvalue weighted by Gasteiger charge is 1.92. The fraction of sp³-hybridized carbons (Fsp3) is 0.500. The van der Waals surface area contributed by atoms with Gasteiger partial charge in [-0.25, -0.2) is 0 Å². The van der Waals surface area contributed by atoms with E-state index in [1.165, 1.54) is 0 Å². The second kappa shape index (κ2) is 4.12. The highest BCUT2D eigenvalue weighted by atomic mass is 16.3. The summed E-state index contributed by atoms with van der Waals surface area (Å²) in [6.07, 6.45) is 3.90. The third kappa shape index (κ3) is 2.23. The van der Waals surface area contributed by atoms with Crippen molar-refractivity contribution in [2.24, 2.45) is 0 Å². The maximum Gasteiger partial charge on any atom is 0.103 e. The predicted molar refractivity (Wildman–Crippen MR) is 41.0 cm³/mol. The molecule has 0 aliphatic rings. The second-order valence-corrected chi connectivity index (χ2v) is 2.29. The van der Waals surface area contributed by atoms with Crippen molar-refractivity contribution in [3.05, 3.63) is 24.2 Å². The van der Waals surface area contributed by atoms with Crippen LogP contribution in [0.3, 0.4) is 0 Å². The summed E-state index contributed by atoms with van der Waals surface area (Å²) in [5.74, 6) is 1.08. The first-order chi connectivity index (χ1) is 4.93. The van der Waals surface area contributed by atoms with Crippen LogP contribution >= 0.6 is 0 Å². The summed E-state index contributed by atoms with van der Waals surface area (Å²) >= 11 is 0. The van der Waals surface area contributed by atoms with Gasteiger partial charge in [0.05, 0.1) is 6.26 Å². The Balaban J connectivity index is 2.15. The largest absolute Gasteiger partial charge is 0.469 e. The van der Waals surface area contributed by atoms with Crippen molar-refractivity contribution in [1.29, 1.82) is 0 Å². The van der Waals surface area contributed by atoms with Crippen molar-refractivity contribution >= 4 is 0 Å². The van der Waals surface area contributed by atoms with E-state index in [0.29, 0.717) is 0 Å². The van der Waals surface area contributed by atoms with Gasteiger partial charge in [-0.3, -0.25) is 0 Å². The third-order valence-corrected chi connectivity index (χ3v) is 1.43. The standard InChI is InChI=1S/C8H13NO/c1-9-6-2-4-8-5-3-7-10-8/h3,5,7,9H,2,4,6H2,1H3. The Bertz CT molecular complexity index is 158. The minimum absolute atomic E-state index is 1.04. The molecule has 2 heteroatoms. The van der Waals surface area contributed by atoms with Crippen LogP contribution in [0.15, 0.2) is 22.8 Å². The van der Waals surface area contributed by atoms with E-state index in [2.05, 4.69) is 5.32 Å². The van der Waals surface area contributed by atoms with E-state index < -0.39 is 0 Å². The van der Waals surface area contributed by atoms with E-state index in [-0.39, 0.29) is 0 Å². The van der Waals surface area contributed by atoms with Gasteiger partial charge in [0, 0.05) is 6.42 Å². The Morgan fingerprint density at radius 1 is 1.60 bits per heavy atom. The molecule has 0 atom stereocenters. The quantitative estimate of drug-likeness (QED) is 0.638. The molecule has 10 heavy (non-hydrogen) atoms. The van der Waals surface area contributed by atoms with Gasteiger partial charge in [0.2, 0.25) is 0 Å². The van der Waals surface area contributed by atoms with Crippen molar-refractivity contribution in [2.75, 3.05) is 13.6 Å². The van der Waals surface area contributed by atoms with Crippen LogP contribution in [0.4, 0.5) is 0 Å². The molecule has 0 bridgehead atoms. The minimum Gasteiger partial charge on any atom is -0.469 e. The number of hydrogen-bond donors (Lipinski definition) is 1. The molecule has 0 aromatic carbocycles. The lowest BCUT2D eigenvalue weighted by Gasteiger charge is -1.94. The van der Waals surface area contributed by atoms with E-state index in [9.17, 15) is 0 Å². The van der Waals surface area contributed by atoms with Gasteiger partial charge >= 0.3 is 0 Å². The summed E-state index contributed by atoms with van der Waals surface area (Å²) in [4.78, 5) is 0. The Hall–Kier alpha value is -0.760. The van der Waals surface area contributed by atoms with Crippen molar-refractivity contribution in [3.8, 4) is 0 Å². The zero-order chi connectivity index (χ0) is 7.23. The lowest BCUT2D eigenvalue weighted by Crippen LogP contribution is -2.07. The maximum atomic E-state index is 5.15. The summed E-state index contributed by atoms with van der Waals surface area (Å²) in [5, 5.41) is 3.09. The zero-order valence-corrected chi connectivity index (χ0v) is 6.26. The first-order valence-electron chi connectivity index (χ1n) is 3.60. The molecular formula is C8H13NO. The molecule has 0 aliphatic heterocycles. The van der Waals surface area contributed by atoms with Crippen LogP contribution in [0.25, 0.3) is 0 Å².